The number of hydrogen-bond donors (Lipinski definition) is 1. The van der Waals surface area contributed by atoms with Crippen LogP contribution in [-0.2, 0) is 4.74 Å². The first kappa shape index (κ1) is 13.3. The molecule has 20 heavy (non-hydrogen) atoms. The van der Waals surface area contributed by atoms with Crippen LogP contribution >= 0.6 is 0 Å². The number of hydrogen-bond acceptors (Lipinski definition) is 5. The first-order valence-corrected chi connectivity index (χ1v) is 7.48. The highest BCUT2D eigenvalue weighted by atomic mass is 16.5. The molecule has 0 bridgehead atoms. The minimum absolute atomic E-state index is 0.246. The van der Waals surface area contributed by atoms with Crippen LogP contribution in [0.4, 0.5) is 0 Å². The van der Waals surface area contributed by atoms with Gasteiger partial charge in [0.05, 0.1) is 36.8 Å². The zero-order chi connectivity index (χ0) is 13.9. The zero-order valence-electron chi connectivity index (χ0n) is 11.6. The predicted octanol–water partition coefficient (Wildman–Crippen LogP) is 1.36. The summed E-state index contributed by atoms with van der Waals surface area (Å²) in [6, 6.07) is 5.04. The Morgan fingerprint density at radius 2 is 1.90 bits per heavy atom. The Bertz CT molecular complexity index is 481. The summed E-state index contributed by atoms with van der Waals surface area (Å²) in [7, 11) is 0. The average Bonchev–Trinajstić information content (AvgIpc) is 2.53. The maximum atomic E-state index is 9.54. The maximum Gasteiger partial charge on any atom is 0.117 e. The third-order valence-corrected chi connectivity index (χ3v) is 4.72. The summed E-state index contributed by atoms with van der Waals surface area (Å²) in [6.45, 7) is 2.97. The Morgan fingerprint density at radius 3 is 2.60 bits per heavy atom. The highest BCUT2D eigenvalue weighted by Crippen LogP contribution is 2.39. The van der Waals surface area contributed by atoms with Gasteiger partial charge in [0.2, 0.25) is 0 Å². The van der Waals surface area contributed by atoms with Crippen molar-refractivity contribution in [3.8, 4) is 12.1 Å². The molecule has 0 unspecified atom stereocenters. The van der Waals surface area contributed by atoms with Gasteiger partial charge in [0.25, 0.3) is 0 Å². The van der Waals surface area contributed by atoms with Crippen LogP contribution in [0, 0.1) is 34.5 Å². The van der Waals surface area contributed by atoms with Gasteiger partial charge < -0.3 is 15.0 Å². The molecule has 0 amide bonds. The maximum absolute atomic E-state index is 9.54. The Labute approximate surface area is 119 Å². The van der Waals surface area contributed by atoms with E-state index in [1.54, 1.807) is 0 Å². The quantitative estimate of drug-likeness (QED) is 0.780. The van der Waals surface area contributed by atoms with Crippen LogP contribution in [0.5, 0.6) is 0 Å². The van der Waals surface area contributed by atoms with Crippen molar-refractivity contribution in [1.82, 2.24) is 10.2 Å². The van der Waals surface area contributed by atoms with Crippen molar-refractivity contribution >= 4 is 0 Å². The van der Waals surface area contributed by atoms with E-state index >= 15 is 0 Å². The summed E-state index contributed by atoms with van der Waals surface area (Å²) in [5, 5.41) is 22.6. The third-order valence-electron chi connectivity index (χ3n) is 4.72. The minimum Gasteiger partial charge on any atom is -0.378 e. The number of nitrogens with zero attached hydrogens (tertiary/aromatic N) is 3. The highest BCUT2D eigenvalue weighted by molar-refractivity contribution is 5.37. The molecule has 106 valence electrons. The van der Waals surface area contributed by atoms with E-state index in [4.69, 9.17) is 4.74 Å². The predicted molar refractivity (Wildman–Crippen MR) is 73.0 cm³/mol. The van der Waals surface area contributed by atoms with Gasteiger partial charge in [0.1, 0.15) is 5.82 Å². The number of nitriles is 2. The largest absolute Gasteiger partial charge is 0.378 e. The number of ether oxygens (including phenoxy) is 1. The molecule has 0 radical (unpaired) electrons. The summed E-state index contributed by atoms with van der Waals surface area (Å²) in [5.41, 5.74) is 0.637. The van der Waals surface area contributed by atoms with Gasteiger partial charge in [-0.25, -0.2) is 0 Å². The van der Waals surface area contributed by atoms with Crippen molar-refractivity contribution < 1.29 is 4.74 Å². The molecule has 1 saturated heterocycles. The summed E-state index contributed by atoms with van der Waals surface area (Å²) in [6.07, 6.45) is 4.55. The summed E-state index contributed by atoms with van der Waals surface area (Å²) < 4.78 is 5.38. The molecule has 5 nitrogen and oxygen atoms in total. The number of morpholine rings is 1. The molecule has 2 aliphatic heterocycles. The standard InChI is InChI=1S/C15H20N4O/c16-9-12-11-3-1-2-4-14(11)18-15(13(12)10-17)19-5-7-20-8-6-19/h11-12,14,18H,1-8H2/t11-,12-,14+/m0/s1. The molecular weight excluding hydrogens is 252 g/mol. The minimum atomic E-state index is -0.246. The van der Waals surface area contributed by atoms with Crippen LogP contribution in [0.3, 0.4) is 0 Å². The van der Waals surface area contributed by atoms with Crippen LogP contribution in [0.1, 0.15) is 25.7 Å². The van der Waals surface area contributed by atoms with Gasteiger partial charge in [-0.1, -0.05) is 12.8 Å². The van der Waals surface area contributed by atoms with Crippen molar-refractivity contribution in [2.75, 3.05) is 26.3 Å². The molecule has 0 aromatic carbocycles. The van der Waals surface area contributed by atoms with Crippen LogP contribution < -0.4 is 5.32 Å². The summed E-state index contributed by atoms with van der Waals surface area (Å²) in [4.78, 5) is 2.18. The Kier molecular flexibility index (Phi) is 3.80. The van der Waals surface area contributed by atoms with Gasteiger partial charge in [-0.05, 0) is 18.8 Å². The lowest BCUT2D eigenvalue weighted by molar-refractivity contribution is 0.0442. The van der Waals surface area contributed by atoms with E-state index in [2.05, 4.69) is 22.4 Å². The van der Waals surface area contributed by atoms with Crippen molar-refractivity contribution in [3.05, 3.63) is 11.4 Å². The summed E-state index contributed by atoms with van der Waals surface area (Å²) >= 11 is 0. The lowest BCUT2D eigenvalue weighted by Gasteiger charge is -2.44. The molecular formula is C15H20N4O. The zero-order valence-corrected chi connectivity index (χ0v) is 11.6. The van der Waals surface area contributed by atoms with Gasteiger partial charge in [0, 0.05) is 19.1 Å². The van der Waals surface area contributed by atoms with Gasteiger partial charge in [0.15, 0.2) is 0 Å². The number of fused-ring (bicyclic) bond motifs is 1. The molecule has 0 spiro atoms. The fraction of sp³-hybridized carbons (Fsp3) is 0.733. The molecule has 1 aliphatic carbocycles. The molecule has 0 aromatic heterocycles. The number of allylic oxidation sites excluding steroid dienone is 1. The smallest absolute Gasteiger partial charge is 0.117 e. The molecule has 3 rings (SSSR count). The molecule has 5 heteroatoms. The normalized spacial score (nSPS) is 33.7. The van der Waals surface area contributed by atoms with E-state index in [9.17, 15) is 10.5 Å². The second kappa shape index (κ2) is 5.73. The van der Waals surface area contributed by atoms with E-state index in [0.717, 1.165) is 31.8 Å². The van der Waals surface area contributed by atoms with Crippen LogP contribution in [0.2, 0.25) is 0 Å². The fourth-order valence-corrected chi connectivity index (χ4v) is 3.68. The van der Waals surface area contributed by atoms with E-state index in [1.165, 1.54) is 12.8 Å². The first-order valence-electron chi connectivity index (χ1n) is 7.48. The van der Waals surface area contributed by atoms with Crippen molar-refractivity contribution in [2.45, 2.75) is 31.7 Å². The SMILES string of the molecule is N#CC1=C(N2CCOCC2)N[C@@H]2CCCC[C@H]2[C@@H]1C#N. The molecule has 1 saturated carbocycles. The number of nitrogens with one attached hydrogen (secondary N) is 1. The number of rotatable bonds is 1. The van der Waals surface area contributed by atoms with E-state index in [1.807, 2.05) is 0 Å². The monoisotopic (exact) mass is 272 g/mol. The van der Waals surface area contributed by atoms with Gasteiger partial charge in [-0.3, -0.25) is 0 Å². The molecule has 0 aromatic rings. The Balaban J connectivity index is 1.94. The lowest BCUT2D eigenvalue weighted by Crippen LogP contribution is -2.52. The van der Waals surface area contributed by atoms with Crippen LogP contribution in [0.15, 0.2) is 11.4 Å². The second-order valence-corrected chi connectivity index (χ2v) is 5.78. The first-order chi connectivity index (χ1) is 9.85. The third kappa shape index (κ3) is 2.23. The van der Waals surface area contributed by atoms with Gasteiger partial charge in [-0.2, -0.15) is 10.5 Å². The summed E-state index contributed by atoms with van der Waals surface area (Å²) in [5.74, 6) is 0.947. The second-order valence-electron chi connectivity index (χ2n) is 5.78. The molecule has 3 aliphatic rings. The molecule has 2 heterocycles. The van der Waals surface area contributed by atoms with E-state index < -0.39 is 0 Å². The van der Waals surface area contributed by atoms with Crippen molar-refractivity contribution in [1.29, 1.82) is 10.5 Å². The van der Waals surface area contributed by atoms with E-state index in [-0.39, 0.29) is 5.92 Å². The van der Waals surface area contributed by atoms with Gasteiger partial charge in [-0.15, -0.1) is 0 Å². The lowest BCUT2D eigenvalue weighted by atomic mass is 9.72. The Hall–Kier alpha value is -1.72. The van der Waals surface area contributed by atoms with Crippen LogP contribution in [0.25, 0.3) is 0 Å². The average molecular weight is 272 g/mol. The topological polar surface area (TPSA) is 72.1 Å². The van der Waals surface area contributed by atoms with Crippen molar-refractivity contribution in [2.24, 2.45) is 11.8 Å². The highest BCUT2D eigenvalue weighted by Gasteiger charge is 2.41. The molecule has 2 fully saturated rings. The van der Waals surface area contributed by atoms with Gasteiger partial charge >= 0.3 is 0 Å². The van der Waals surface area contributed by atoms with Crippen molar-refractivity contribution in [3.63, 3.8) is 0 Å². The van der Waals surface area contributed by atoms with Crippen LogP contribution in [-0.4, -0.2) is 37.2 Å². The van der Waals surface area contributed by atoms with E-state index in [0.29, 0.717) is 30.7 Å². The fourth-order valence-electron chi connectivity index (χ4n) is 3.68. The Morgan fingerprint density at radius 1 is 1.15 bits per heavy atom. The molecule has 1 N–H and O–H groups in total. The molecule has 3 atom stereocenters.